The van der Waals surface area contributed by atoms with Crippen molar-refractivity contribution in [1.29, 1.82) is 0 Å². The van der Waals surface area contributed by atoms with Gasteiger partial charge in [-0.05, 0) is 13.0 Å². The van der Waals surface area contributed by atoms with Crippen LogP contribution in [-0.4, -0.2) is 23.0 Å². The van der Waals surface area contributed by atoms with E-state index in [-0.39, 0.29) is 17.1 Å². The van der Waals surface area contributed by atoms with E-state index in [1.54, 1.807) is 0 Å². The molecule has 0 atom stereocenters. The van der Waals surface area contributed by atoms with Crippen molar-refractivity contribution in [3.63, 3.8) is 0 Å². The van der Waals surface area contributed by atoms with E-state index >= 15 is 0 Å². The summed E-state index contributed by atoms with van der Waals surface area (Å²) >= 11 is 0. The molecule has 0 saturated carbocycles. The number of ether oxygens (including phenoxy) is 1. The predicted molar refractivity (Wildman–Crippen MR) is 60.0 cm³/mol. The van der Waals surface area contributed by atoms with Crippen molar-refractivity contribution in [1.82, 2.24) is 9.97 Å². The lowest BCUT2D eigenvalue weighted by Gasteiger charge is -2.00. The maximum absolute atomic E-state index is 13.6. The van der Waals surface area contributed by atoms with Gasteiger partial charge in [0.25, 0.3) is 0 Å². The number of aromatic amines is 1. The Hall–Kier alpha value is -2.31. The second-order valence-corrected chi connectivity index (χ2v) is 3.80. The van der Waals surface area contributed by atoms with Gasteiger partial charge in [0, 0.05) is 11.8 Å². The van der Waals surface area contributed by atoms with Crippen LogP contribution in [0.15, 0.2) is 12.1 Å². The second-order valence-electron chi connectivity index (χ2n) is 3.80. The van der Waals surface area contributed by atoms with Crippen molar-refractivity contribution < 1.29 is 22.7 Å². The van der Waals surface area contributed by atoms with E-state index < -0.39 is 23.4 Å². The largest absolute Gasteiger partial charge is 0.464 e. The van der Waals surface area contributed by atoms with Gasteiger partial charge in [0.05, 0.1) is 12.7 Å². The third kappa shape index (κ3) is 2.31. The monoisotopic (exact) mass is 270 g/mol. The summed E-state index contributed by atoms with van der Waals surface area (Å²) in [6.07, 6.45) is 0. The standard InChI is InChI=1S/C12H9F3N2O2/c1-5-10(12(18)19-2)17-11(16-5)6-3-8(14)9(15)4-7(6)13/h3-4H,1-2H3,(H,16,17). The summed E-state index contributed by atoms with van der Waals surface area (Å²) in [6.45, 7) is 1.53. The summed E-state index contributed by atoms with van der Waals surface area (Å²) in [4.78, 5) is 17.8. The van der Waals surface area contributed by atoms with Gasteiger partial charge in [0.1, 0.15) is 11.6 Å². The van der Waals surface area contributed by atoms with Crippen LogP contribution in [0, 0.1) is 24.4 Å². The average molecular weight is 270 g/mol. The van der Waals surface area contributed by atoms with Gasteiger partial charge < -0.3 is 9.72 Å². The van der Waals surface area contributed by atoms with E-state index in [2.05, 4.69) is 14.7 Å². The molecule has 0 unspecified atom stereocenters. The SMILES string of the molecule is COC(=O)c1nc(-c2cc(F)c(F)cc2F)[nH]c1C. The van der Waals surface area contributed by atoms with Crippen molar-refractivity contribution in [2.45, 2.75) is 6.92 Å². The lowest BCUT2D eigenvalue weighted by Crippen LogP contribution is -2.03. The number of carbonyl (C=O) groups excluding carboxylic acids is 1. The Morgan fingerprint density at radius 2 is 1.84 bits per heavy atom. The first-order valence-electron chi connectivity index (χ1n) is 5.24. The normalized spacial score (nSPS) is 10.6. The third-order valence-corrected chi connectivity index (χ3v) is 2.53. The van der Waals surface area contributed by atoms with Crippen molar-refractivity contribution in [3.05, 3.63) is 41.0 Å². The number of benzene rings is 1. The number of halogens is 3. The van der Waals surface area contributed by atoms with Crippen LogP contribution in [0.25, 0.3) is 11.4 Å². The number of aromatic nitrogens is 2. The molecule has 0 saturated heterocycles. The lowest BCUT2D eigenvalue weighted by molar-refractivity contribution is 0.0594. The zero-order valence-corrected chi connectivity index (χ0v) is 10.1. The quantitative estimate of drug-likeness (QED) is 0.674. The lowest BCUT2D eigenvalue weighted by atomic mass is 10.2. The molecule has 4 nitrogen and oxygen atoms in total. The van der Waals surface area contributed by atoms with Gasteiger partial charge in [-0.25, -0.2) is 22.9 Å². The van der Waals surface area contributed by atoms with Crippen LogP contribution in [-0.2, 0) is 4.74 Å². The summed E-state index contributed by atoms with van der Waals surface area (Å²) in [5, 5.41) is 0. The molecule has 7 heteroatoms. The number of esters is 1. The number of imidazole rings is 1. The van der Waals surface area contributed by atoms with E-state index in [9.17, 15) is 18.0 Å². The maximum Gasteiger partial charge on any atom is 0.358 e. The van der Waals surface area contributed by atoms with Crippen molar-refractivity contribution in [3.8, 4) is 11.4 Å². The Bertz CT molecular complexity index is 653. The molecule has 0 spiro atoms. The van der Waals surface area contributed by atoms with Crippen molar-refractivity contribution in [2.75, 3.05) is 7.11 Å². The molecule has 0 fully saturated rings. The van der Waals surface area contributed by atoms with Gasteiger partial charge in [-0.15, -0.1) is 0 Å². The van der Waals surface area contributed by atoms with Crippen LogP contribution >= 0.6 is 0 Å². The number of nitrogens with one attached hydrogen (secondary N) is 1. The van der Waals surface area contributed by atoms with Crippen LogP contribution in [0.2, 0.25) is 0 Å². The van der Waals surface area contributed by atoms with Crippen LogP contribution in [0.3, 0.4) is 0 Å². The summed E-state index contributed by atoms with van der Waals surface area (Å²) in [7, 11) is 1.17. The molecule has 2 rings (SSSR count). The fraction of sp³-hybridized carbons (Fsp3) is 0.167. The van der Waals surface area contributed by atoms with Gasteiger partial charge in [0.2, 0.25) is 0 Å². The summed E-state index contributed by atoms with van der Waals surface area (Å²) < 4.78 is 44.0. The molecular weight excluding hydrogens is 261 g/mol. The minimum absolute atomic E-state index is 0.0402. The number of hydrogen-bond acceptors (Lipinski definition) is 3. The Kier molecular flexibility index (Phi) is 3.28. The van der Waals surface area contributed by atoms with Gasteiger partial charge >= 0.3 is 5.97 Å². The maximum atomic E-state index is 13.6. The zero-order valence-electron chi connectivity index (χ0n) is 10.1. The van der Waals surface area contributed by atoms with E-state index in [1.807, 2.05) is 0 Å². The van der Waals surface area contributed by atoms with Gasteiger partial charge in [-0.1, -0.05) is 0 Å². The summed E-state index contributed by atoms with van der Waals surface area (Å²) in [6, 6.07) is 1.09. The van der Waals surface area contributed by atoms with Crippen molar-refractivity contribution in [2.24, 2.45) is 0 Å². The van der Waals surface area contributed by atoms with E-state index in [4.69, 9.17) is 0 Å². The molecule has 0 aliphatic carbocycles. The molecule has 0 aliphatic heterocycles. The van der Waals surface area contributed by atoms with Crippen LogP contribution in [0.4, 0.5) is 13.2 Å². The first kappa shape index (κ1) is 13.1. The Balaban J connectivity index is 2.54. The smallest absolute Gasteiger partial charge is 0.358 e. The van der Waals surface area contributed by atoms with Gasteiger partial charge in [-0.2, -0.15) is 0 Å². The topological polar surface area (TPSA) is 55.0 Å². The third-order valence-electron chi connectivity index (χ3n) is 2.53. The Morgan fingerprint density at radius 3 is 2.47 bits per heavy atom. The number of nitrogens with zero attached hydrogens (tertiary/aromatic N) is 1. The molecule has 1 heterocycles. The number of aryl methyl sites for hydroxylation is 1. The highest BCUT2D eigenvalue weighted by molar-refractivity contribution is 5.89. The highest BCUT2D eigenvalue weighted by Crippen LogP contribution is 2.24. The highest BCUT2D eigenvalue weighted by Gasteiger charge is 2.19. The average Bonchev–Trinajstić information content (AvgIpc) is 2.75. The fourth-order valence-electron chi connectivity index (χ4n) is 1.59. The number of methoxy groups -OCH3 is 1. The van der Waals surface area contributed by atoms with Gasteiger partial charge in [-0.3, -0.25) is 0 Å². The first-order chi connectivity index (χ1) is 8.93. The van der Waals surface area contributed by atoms with E-state index in [0.29, 0.717) is 17.8 Å². The highest BCUT2D eigenvalue weighted by atomic mass is 19.2. The zero-order chi connectivity index (χ0) is 14.2. The van der Waals surface area contributed by atoms with Crippen LogP contribution in [0.5, 0.6) is 0 Å². The molecule has 1 aromatic heterocycles. The molecule has 19 heavy (non-hydrogen) atoms. The molecule has 0 radical (unpaired) electrons. The molecule has 0 bridgehead atoms. The van der Waals surface area contributed by atoms with Crippen LogP contribution in [0.1, 0.15) is 16.2 Å². The van der Waals surface area contributed by atoms with E-state index in [1.165, 1.54) is 14.0 Å². The molecule has 2 aromatic rings. The van der Waals surface area contributed by atoms with Crippen LogP contribution < -0.4 is 0 Å². The molecule has 100 valence electrons. The van der Waals surface area contributed by atoms with Crippen molar-refractivity contribution >= 4 is 5.97 Å². The number of rotatable bonds is 2. The summed E-state index contributed by atoms with van der Waals surface area (Å²) in [5.41, 5.74) is 0.0322. The minimum Gasteiger partial charge on any atom is -0.464 e. The number of carbonyl (C=O) groups is 1. The second kappa shape index (κ2) is 4.75. The minimum atomic E-state index is -1.29. The number of hydrogen-bond donors (Lipinski definition) is 1. The molecule has 1 N–H and O–H groups in total. The van der Waals surface area contributed by atoms with E-state index in [0.717, 1.165) is 0 Å². The molecule has 1 aromatic carbocycles. The first-order valence-corrected chi connectivity index (χ1v) is 5.24. The number of H-pyrrole nitrogens is 1. The molecular formula is C12H9F3N2O2. The summed E-state index contributed by atoms with van der Waals surface area (Å²) in [5.74, 6) is -4.26. The Labute approximate surface area is 106 Å². The molecule has 0 amide bonds. The predicted octanol–water partition coefficient (Wildman–Crippen LogP) is 2.59. The Morgan fingerprint density at radius 1 is 1.21 bits per heavy atom. The fourth-order valence-corrected chi connectivity index (χ4v) is 1.59. The van der Waals surface area contributed by atoms with Gasteiger partial charge in [0.15, 0.2) is 17.3 Å². The molecule has 0 aliphatic rings.